The minimum atomic E-state index is 0.239. The zero-order valence-electron chi connectivity index (χ0n) is 11.5. The third-order valence-corrected chi connectivity index (χ3v) is 3.22. The third kappa shape index (κ3) is 3.73. The van der Waals surface area contributed by atoms with Gasteiger partial charge in [-0.25, -0.2) is 5.84 Å². The third-order valence-electron chi connectivity index (χ3n) is 3.22. The van der Waals surface area contributed by atoms with E-state index in [2.05, 4.69) is 41.1 Å². The molecule has 0 aromatic carbocycles. The zero-order chi connectivity index (χ0) is 13.5. The number of nitrogen functional groups attached to an aromatic ring is 2. The molecule has 1 aromatic heterocycles. The van der Waals surface area contributed by atoms with Crippen molar-refractivity contribution in [2.24, 2.45) is 11.8 Å². The van der Waals surface area contributed by atoms with Crippen molar-refractivity contribution in [3.63, 3.8) is 0 Å². The van der Waals surface area contributed by atoms with E-state index in [0.29, 0.717) is 11.7 Å². The monoisotopic (exact) mass is 252 g/mol. The first-order valence-electron chi connectivity index (χ1n) is 6.50. The normalized spacial score (nSPS) is 10.7. The summed E-state index contributed by atoms with van der Waals surface area (Å²) >= 11 is 0. The molecule has 1 heterocycles. The van der Waals surface area contributed by atoms with Crippen LogP contribution in [0.1, 0.15) is 33.6 Å². The second-order valence-corrected chi connectivity index (χ2v) is 4.34. The van der Waals surface area contributed by atoms with Gasteiger partial charge < -0.3 is 16.1 Å². The second kappa shape index (κ2) is 7.00. The van der Waals surface area contributed by atoms with Gasteiger partial charge in [-0.15, -0.1) is 0 Å². The molecule has 1 rings (SSSR count). The van der Waals surface area contributed by atoms with Crippen molar-refractivity contribution >= 4 is 17.6 Å². The first-order valence-corrected chi connectivity index (χ1v) is 6.50. The predicted molar refractivity (Wildman–Crippen MR) is 76.2 cm³/mol. The second-order valence-electron chi connectivity index (χ2n) is 4.34. The molecule has 0 radical (unpaired) electrons. The Morgan fingerprint density at radius 2 is 1.94 bits per heavy atom. The van der Waals surface area contributed by atoms with Crippen LogP contribution in [0.25, 0.3) is 0 Å². The van der Waals surface area contributed by atoms with E-state index in [4.69, 9.17) is 11.6 Å². The lowest BCUT2D eigenvalue weighted by molar-refractivity contribution is 0.484. The fraction of sp³-hybridized carbons (Fsp3) is 0.667. The molecule has 18 heavy (non-hydrogen) atoms. The van der Waals surface area contributed by atoms with Gasteiger partial charge in [0.1, 0.15) is 11.6 Å². The topological polar surface area (TPSA) is 93.1 Å². The highest BCUT2D eigenvalue weighted by atomic mass is 15.3. The zero-order valence-corrected chi connectivity index (χ0v) is 11.5. The molecular weight excluding hydrogens is 228 g/mol. The first-order chi connectivity index (χ1) is 8.64. The molecule has 6 nitrogen and oxygen atoms in total. The minimum Gasteiger partial charge on any atom is -0.368 e. The van der Waals surface area contributed by atoms with Crippen LogP contribution in [0.5, 0.6) is 0 Å². The molecule has 0 amide bonds. The van der Waals surface area contributed by atoms with Gasteiger partial charge in [0.25, 0.3) is 0 Å². The lowest BCUT2D eigenvalue weighted by Crippen LogP contribution is -2.30. The van der Waals surface area contributed by atoms with Gasteiger partial charge >= 0.3 is 0 Å². The van der Waals surface area contributed by atoms with Crippen molar-refractivity contribution in [1.29, 1.82) is 0 Å². The highest BCUT2D eigenvalue weighted by molar-refractivity contribution is 5.52. The number of hydrogen-bond acceptors (Lipinski definition) is 6. The Labute approximate surface area is 109 Å². The number of rotatable bonds is 7. The Morgan fingerprint density at radius 1 is 1.28 bits per heavy atom. The lowest BCUT2D eigenvalue weighted by Gasteiger charge is -2.26. The minimum absolute atomic E-state index is 0.239. The quantitative estimate of drug-likeness (QED) is 0.504. The summed E-state index contributed by atoms with van der Waals surface area (Å²) in [4.78, 5) is 10.5. The standard InChI is InChI=1S/C12H24N6/c1-4-9(5-2)8-18(6-3)11-7-10(17-14)15-12(13)16-11/h7,9H,4-6,8,14H2,1-3H3,(H3,13,15,16,17). The van der Waals surface area contributed by atoms with Crippen LogP contribution in [-0.2, 0) is 0 Å². The molecule has 0 saturated carbocycles. The van der Waals surface area contributed by atoms with Crippen LogP contribution in [0.4, 0.5) is 17.6 Å². The maximum Gasteiger partial charge on any atom is 0.223 e. The Hall–Kier alpha value is -1.56. The van der Waals surface area contributed by atoms with Crippen molar-refractivity contribution in [3.05, 3.63) is 6.07 Å². The molecule has 0 unspecified atom stereocenters. The van der Waals surface area contributed by atoms with Gasteiger partial charge in [0.15, 0.2) is 0 Å². The van der Waals surface area contributed by atoms with E-state index in [1.165, 1.54) is 0 Å². The number of hydrogen-bond donors (Lipinski definition) is 3. The van der Waals surface area contributed by atoms with Gasteiger partial charge in [0.05, 0.1) is 0 Å². The largest absolute Gasteiger partial charge is 0.368 e. The van der Waals surface area contributed by atoms with Gasteiger partial charge in [0, 0.05) is 19.2 Å². The molecule has 102 valence electrons. The van der Waals surface area contributed by atoms with E-state index in [-0.39, 0.29) is 5.95 Å². The van der Waals surface area contributed by atoms with Crippen molar-refractivity contribution in [1.82, 2.24) is 9.97 Å². The van der Waals surface area contributed by atoms with E-state index in [1.54, 1.807) is 0 Å². The Kier molecular flexibility index (Phi) is 5.64. The Morgan fingerprint density at radius 3 is 2.44 bits per heavy atom. The van der Waals surface area contributed by atoms with Crippen molar-refractivity contribution < 1.29 is 0 Å². The summed E-state index contributed by atoms with van der Waals surface area (Å²) in [6, 6.07) is 1.82. The van der Waals surface area contributed by atoms with Crippen LogP contribution >= 0.6 is 0 Å². The summed E-state index contributed by atoms with van der Waals surface area (Å²) in [7, 11) is 0. The van der Waals surface area contributed by atoms with Crippen molar-refractivity contribution in [3.8, 4) is 0 Å². The van der Waals surface area contributed by atoms with Crippen molar-refractivity contribution in [2.75, 3.05) is 29.1 Å². The SMILES string of the molecule is CCC(CC)CN(CC)c1cc(NN)nc(N)n1. The predicted octanol–water partition coefficient (Wildman–Crippen LogP) is 1.61. The molecule has 0 saturated heterocycles. The highest BCUT2D eigenvalue weighted by Crippen LogP contribution is 2.19. The molecule has 0 aliphatic heterocycles. The maximum absolute atomic E-state index is 5.68. The Bertz CT molecular complexity index is 364. The van der Waals surface area contributed by atoms with Crippen LogP contribution in [0.2, 0.25) is 0 Å². The number of anilines is 3. The summed E-state index contributed by atoms with van der Waals surface area (Å²) in [6.07, 6.45) is 2.32. The van der Waals surface area contributed by atoms with E-state index in [9.17, 15) is 0 Å². The molecule has 6 heteroatoms. The maximum atomic E-state index is 5.68. The number of nitrogens with one attached hydrogen (secondary N) is 1. The van der Waals surface area contributed by atoms with Gasteiger partial charge in [-0.3, -0.25) is 0 Å². The fourth-order valence-corrected chi connectivity index (χ4v) is 1.93. The molecule has 0 atom stereocenters. The highest BCUT2D eigenvalue weighted by Gasteiger charge is 2.13. The van der Waals surface area contributed by atoms with Gasteiger partial charge in [-0.05, 0) is 12.8 Å². The van der Waals surface area contributed by atoms with Crippen LogP contribution in [0, 0.1) is 5.92 Å². The number of nitrogens with two attached hydrogens (primary N) is 2. The summed E-state index contributed by atoms with van der Waals surface area (Å²) in [5.74, 6) is 7.64. The van der Waals surface area contributed by atoms with Crippen LogP contribution in [0.15, 0.2) is 6.07 Å². The smallest absolute Gasteiger partial charge is 0.223 e. The molecule has 0 spiro atoms. The van der Waals surface area contributed by atoms with E-state index in [0.717, 1.165) is 31.7 Å². The van der Waals surface area contributed by atoms with E-state index < -0.39 is 0 Å². The molecule has 1 aromatic rings. The van der Waals surface area contributed by atoms with Crippen LogP contribution < -0.4 is 21.9 Å². The van der Waals surface area contributed by atoms with E-state index in [1.807, 2.05) is 6.07 Å². The van der Waals surface area contributed by atoms with Gasteiger partial charge in [0.2, 0.25) is 5.95 Å². The van der Waals surface area contributed by atoms with Gasteiger partial charge in [-0.1, -0.05) is 26.7 Å². The van der Waals surface area contributed by atoms with Crippen LogP contribution in [0.3, 0.4) is 0 Å². The summed E-state index contributed by atoms with van der Waals surface area (Å²) in [5, 5.41) is 0. The van der Waals surface area contributed by atoms with Crippen molar-refractivity contribution in [2.45, 2.75) is 33.6 Å². The van der Waals surface area contributed by atoms with Gasteiger partial charge in [-0.2, -0.15) is 9.97 Å². The summed E-state index contributed by atoms with van der Waals surface area (Å²) < 4.78 is 0. The molecular formula is C12H24N6. The average Bonchev–Trinajstić information content (AvgIpc) is 2.39. The van der Waals surface area contributed by atoms with E-state index >= 15 is 0 Å². The molecule has 0 fully saturated rings. The summed E-state index contributed by atoms with van der Waals surface area (Å²) in [5.41, 5.74) is 8.19. The average molecular weight is 252 g/mol. The lowest BCUT2D eigenvalue weighted by atomic mass is 10.0. The molecule has 0 bridgehead atoms. The number of hydrazine groups is 1. The fourth-order valence-electron chi connectivity index (χ4n) is 1.93. The summed E-state index contributed by atoms with van der Waals surface area (Å²) in [6.45, 7) is 8.39. The number of aromatic nitrogens is 2. The Balaban J connectivity index is 2.90. The number of nitrogens with zero attached hydrogens (tertiary/aromatic N) is 3. The first kappa shape index (κ1) is 14.5. The molecule has 5 N–H and O–H groups in total. The van der Waals surface area contributed by atoms with Crippen LogP contribution in [-0.4, -0.2) is 23.1 Å². The molecule has 0 aliphatic carbocycles. The molecule has 0 aliphatic rings.